The number of nitrogens with one attached hydrogen (secondary N) is 1. The van der Waals surface area contributed by atoms with Crippen LogP contribution < -0.4 is 10.1 Å². The Labute approximate surface area is 131 Å². The minimum absolute atomic E-state index is 0.0876. The molecular weight excluding hydrogens is 280 g/mol. The summed E-state index contributed by atoms with van der Waals surface area (Å²) in [6, 6.07) is 3.35. The van der Waals surface area contributed by atoms with Crippen LogP contribution in [0.1, 0.15) is 42.5 Å². The van der Waals surface area contributed by atoms with Gasteiger partial charge in [0.25, 0.3) is 5.91 Å². The van der Waals surface area contributed by atoms with E-state index in [0.29, 0.717) is 31.2 Å². The summed E-state index contributed by atoms with van der Waals surface area (Å²) in [5.41, 5.74) is 2.03. The van der Waals surface area contributed by atoms with Gasteiger partial charge in [-0.05, 0) is 38.2 Å². The number of nitrogens with zero attached hydrogens (tertiary/aromatic N) is 1. The van der Waals surface area contributed by atoms with Gasteiger partial charge >= 0.3 is 0 Å². The Balaban J connectivity index is 1.78. The molecule has 2 rings (SSSR count). The Hall–Kier alpha value is -1.88. The molecule has 1 aliphatic carbocycles. The average molecular weight is 304 g/mol. The van der Waals surface area contributed by atoms with Crippen LogP contribution in [-0.2, 0) is 4.74 Å². The van der Waals surface area contributed by atoms with Crippen LogP contribution in [0, 0.1) is 0 Å². The van der Waals surface area contributed by atoms with E-state index in [4.69, 9.17) is 9.47 Å². The quantitative estimate of drug-likeness (QED) is 0.592. The lowest BCUT2D eigenvalue weighted by molar-refractivity contribution is 0.0953. The molecule has 1 N–H and O–H groups in total. The Kier molecular flexibility index (Phi) is 6.90. The van der Waals surface area contributed by atoms with Crippen molar-refractivity contribution in [1.29, 1.82) is 0 Å². The molecule has 1 amide bonds. The van der Waals surface area contributed by atoms with Gasteiger partial charge in [-0.2, -0.15) is 0 Å². The Morgan fingerprint density at radius 2 is 2.27 bits per heavy atom. The highest BCUT2D eigenvalue weighted by Gasteiger charge is 2.08. The molecule has 1 aromatic heterocycles. The van der Waals surface area contributed by atoms with Crippen LogP contribution in [0.5, 0.6) is 5.88 Å². The maximum absolute atomic E-state index is 12.1. The smallest absolute Gasteiger partial charge is 0.251 e. The summed E-state index contributed by atoms with van der Waals surface area (Å²) in [6.45, 7) is 1.59. The molecule has 0 saturated carbocycles. The van der Waals surface area contributed by atoms with Crippen LogP contribution in [-0.4, -0.2) is 37.8 Å². The van der Waals surface area contributed by atoms with E-state index in [1.807, 2.05) is 0 Å². The molecule has 0 aromatic carbocycles. The summed E-state index contributed by atoms with van der Waals surface area (Å²) in [5.74, 6) is 0.357. The third-order valence-corrected chi connectivity index (χ3v) is 3.65. The molecule has 5 nitrogen and oxygen atoms in total. The van der Waals surface area contributed by atoms with Crippen molar-refractivity contribution in [3.63, 3.8) is 0 Å². The number of amides is 1. The van der Waals surface area contributed by atoms with Gasteiger partial charge in [-0.25, -0.2) is 4.98 Å². The highest BCUT2D eigenvalue weighted by molar-refractivity contribution is 5.94. The molecule has 5 heteroatoms. The first-order chi connectivity index (χ1) is 10.8. The highest BCUT2D eigenvalue weighted by atomic mass is 16.5. The summed E-state index contributed by atoms with van der Waals surface area (Å²) in [6.07, 6.45) is 9.74. The highest BCUT2D eigenvalue weighted by Crippen LogP contribution is 2.19. The summed E-state index contributed by atoms with van der Waals surface area (Å²) in [5, 5.41) is 2.95. The molecule has 0 spiro atoms. The Bertz CT molecular complexity index is 514. The minimum Gasteiger partial charge on any atom is -0.475 e. The van der Waals surface area contributed by atoms with Gasteiger partial charge in [-0.1, -0.05) is 11.6 Å². The largest absolute Gasteiger partial charge is 0.475 e. The van der Waals surface area contributed by atoms with Crippen LogP contribution in [0.4, 0.5) is 0 Å². The molecule has 0 atom stereocenters. The molecular formula is C17H24N2O3. The molecule has 0 fully saturated rings. The number of hydrogen-bond acceptors (Lipinski definition) is 4. The second-order valence-electron chi connectivity index (χ2n) is 5.34. The summed E-state index contributed by atoms with van der Waals surface area (Å²) in [7, 11) is 1.61. The number of carbonyl (C=O) groups excluding carboxylic acids is 1. The fraction of sp³-hybridized carbons (Fsp3) is 0.529. The average Bonchev–Trinajstić information content (AvgIpc) is 2.56. The second kappa shape index (κ2) is 9.20. The number of carbonyl (C=O) groups is 1. The maximum Gasteiger partial charge on any atom is 0.251 e. The van der Waals surface area contributed by atoms with Crippen molar-refractivity contribution in [3.8, 4) is 5.88 Å². The fourth-order valence-corrected chi connectivity index (χ4v) is 2.43. The predicted octanol–water partition coefficient (Wildman–Crippen LogP) is 2.73. The van der Waals surface area contributed by atoms with E-state index in [-0.39, 0.29) is 5.91 Å². The number of aromatic nitrogens is 1. The van der Waals surface area contributed by atoms with E-state index >= 15 is 0 Å². The first-order valence-electron chi connectivity index (χ1n) is 7.83. The number of pyridine rings is 1. The van der Waals surface area contributed by atoms with Crippen LogP contribution in [0.3, 0.4) is 0 Å². The van der Waals surface area contributed by atoms with Crippen molar-refractivity contribution >= 4 is 5.91 Å². The summed E-state index contributed by atoms with van der Waals surface area (Å²) >= 11 is 0. The van der Waals surface area contributed by atoms with Crippen molar-refractivity contribution in [1.82, 2.24) is 10.3 Å². The topological polar surface area (TPSA) is 60.5 Å². The molecule has 1 aromatic rings. The van der Waals surface area contributed by atoms with Gasteiger partial charge in [0.05, 0.1) is 6.61 Å². The summed E-state index contributed by atoms with van der Waals surface area (Å²) in [4.78, 5) is 16.2. The Morgan fingerprint density at radius 3 is 3.05 bits per heavy atom. The first kappa shape index (κ1) is 16.5. The van der Waals surface area contributed by atoms with Crippen molar-refractivity contribution in [3.05, 3.63) is 35.5 Å². The van der Waals surface area contributed by atoms with Crippen molar-refractivity contribution < 1.29 is 14.3 Å². The fourth-order valence-electron chi connectivity index (χ4n) is 2.43. The van der Waals surface area contributed by atoms with E-state index in [1.54, 1.807) is 25.4 Å². The molecule has 0 unspecified atom stereocenters. The van der Waals surface area contributed by atoms with Crippen LogP contribution in [0.15, 0.2) is 30.0 Å². The summed E-state index contributed by atoms with van der Waals surface area (Å²) < 4.78 is 10.3. The third-order valence-electron chi connectivity index (χ3n) is 3.65. The van der Waals surface area contributed by atoms with E-state index in [9.17, 15) is 4.79 Å². The van der Waals surface area contributed by atoms with E-state index in [0.717, 1.165) is 6.42 Å². The van der Waals surface area contributed by atoms with Crippen molar-refractivity contribution in [2.45, 2.75) is 32.1 Å². The van der Waals surface area contributed by atoms with Gasteiger partial charge in [-0.15, -0.1) is 0 Å². The zero-order valence-electron chi connectivity index (χ0n) is 13.1. The first-order valence-corrected chi connectivity index (χ1v) is 7.83. The Morgan fingerprint density at radius 1 is 1.36 bits per heavy atom. The molecule has 1 heterocycles. The van der Waals surface area contributed by atoms with Crippen molar-refractivity contribution in [2.75, 3.05) is 26.9 Å². The van der Waals surface area contributed by atoms with Gasteiger partial charge in [0.2, 0.25) is 5.88 Å². The SMILES string of the molecule is COCCOc1cc(C(=O)NCCC2=CCCCC2)ccn1. The molecule has 22 heavy (non-hydrogen) atoms. The number of allylic oxidation sites excluding steroid dienone is 1. The third kappa shape index (κ3) is 5.48. The minimum atomic E-state index is -0.0876. The maximum atomic E-state index is 12.1. The normalized spacial score (nSPS) is 14.3. The van der Waals surface area contributed by atoms with Crippen LogP contribution in [0.25, 0.3) is 0 Å². The zero-order valence-corrected chi connectivity index (χ0v) is 13.1. The van der Waals surface area contributed by atoms with Crippen LogP contribution >= 0.6 is 0 Å². The van der Waals surface area contributed by atoms with Crippen molar-refractivity contribution in [2.24, 2.45) is 0 Å². The number of methoxy groups -OCH3 is 1. The van der Waals surface area contributed by atoms with Gasteiger partial charge in [0, 0.05) is 31.5 Å². The van der Waals surface area contributed by atoms with E-state index in [1.165, 1.54) is 31.3 Å². The monoisotopic (exact) mass is 304 g/mol. The van der Waals surface area contributed by atoms with E-state index < -0.39 is 0 Å². The number of hydrogen-bond donors (Lipinski definition) is 1. The molecule has 0 radical (unpaired) electrons. The standard InChI is InChI=1S/C17H24N2O3/c1-21-11-12-22-16-13-15(8-10-18-16)17(20)19-9-7-14-5-3-2-4-6-14/h5,8,10,13H,2-4,6-7,9,11-12H2,1H3,(H,19,20). The molecule has 0 saturated heterocycles. The lowest BCUT2D eigenvalue weighted by Crippen LogP contribution is -2.25. The molecule has 0 bridgehead atoms. The van der Waals surface area contributed by atoms with Gasteiger partial charge in [-0.3, -0.25) is 4.79 Å². The zero-order chi connectivity index (χ0) is 15.6. The van der Waals surface area contributed by atoms with E-state index in [2.05, 4.69) is 16.4 Å². The number of ether oxygens (including phenoxy) is 2. The predicted molar refractivity (Wildman–Crippen MR) is 85.1 cm³/mol. The van der Waals surface area contributed by atoms with Gasteiger partial charge in [0.1, 0.15) is 6.61 Å². The molecule has 1 aliphatic rings. The lowest BCUT2D eigenvalue weighted by Gasteiger charge is -2.13. The molecule has 120 valence electrons. The number of rotatable bonds is 8. The van der Waals surface area contributed by atoms with Gasteiger partial charge in [0.15, 0.2) is 0 Å². The second-order valence-corrected chi connectivity index (χ2v) is 5.34. The van der Waals surface area contributed by atoms with Crippen LogP contribution in [0.2, 0.25) is 0 Å². The molecule has 0 aliphatic heterocycles. The van der Waals surface area contributed by atoms with Gasteiger partial charge < -0.3 is 14.8 Å². The lowest BCUT2D eigenvalue weighted by atomic mass is 9.97.